The molecule has 8 heteroatoms. The highest BCUT2D eigenvalue weighted by Gasteiger charge is 2.26. The molecule has 5 N–H and O–H groups in total. The summed E-state index contributed by atoms with van der Waals surface area (Å²) < 4.78 is 1.04. The fourth-order valence-electron chi connectivity index (χ4n) is 3.38. The van der Waals surface area contributed by atoms with E-state index in [1.165, 1.54) is 6.08 Å². The first-order valence-corrected chi connectivity index (χ1v) is 10.4. The molecule has 2 heterocycles. The Bertz CT molecular complexity index is 1180. The molecule has 0 unspecified atom stereocenters. The van der Waals surface area contributed by atoms with E-state index < -0.39 is 5.91 Å². The molecule has 2 amide bonds. The van der Waals surface area contributed by atoms with Gasteiger partial charge >= 0.3 is 0 Å². The second kappa shape index (κ2) is 8.38. The Labute approximate surface area is 177 Å². The van der Waals surface area contributed by atoms with E-state index in [1.807, 2.05) is 42.5 Å². The maximum absolute atomic E-state index is 12.4. The molecule has 1 aliphatic heterocycles. The average Bonchev–Trinajstić information content (AvgIpc) is 3.29. The summed E-state index contributed by atoms with van der Waals surface area (Å²) in [5.41, 5.74) is 12.9. The fraction of sp³-hybridized carbons (Fsp3) is 0.136. The van der Waals surface area contributed by atoms with Crippen LogP contribution in [0.25, 0.3) is 15.8 Å². The maximum Gasteiger partial charge on any atom is 0.256 e. The molecule has 0 fully saturated rings. The zero-order valence-electron chi connectivity index (χ0n) is 16.4. The second-order valence-corrected chi connectivity index (χ2v) is 7.76. The number of nitrogens with one attached hydrogen (secondary N) is 3. The SMILES string of the molecule is C/C(=C/C(N)=O)Nc1ccc(NCC/C=C2\C(=O)Nc3ccc4ncsc4c32)cc1. The van der Waals surface area contributed by atoms with E-state index in [9.17, 15) is 9.59 Å². The lowest BCUT2D eigenvalue weighted by molar-refractivity contribution is -0.113. The minimum atomic E-state index is -0.484. The maximum atomic E-state index is 12.4. The van der Waals surface area contributed by atoms with Crippen molar-refractivity contribution in [2.75, 3.05) is 22.5 Å². The molecular weight excluding hydrogens is 398 g/mol. The lowest BCUT2D eigenvalue weighted by Gasteiger charge is -2.09. The van der Waals surface area contributed by atoms with Gasteiger partial charge in [0, 0.05) is 40.8 Å². The average molecular weight is 420 g/mol. The summed E-state index contributed by atoms with van der Waals surface area (Å²) in [6, 6.07) is 11.6. The first-order chi connectivity index (χ1) is 14.5. The largest absolute Gasteiger partial charge is 0.385 e. The number of thiazole rings is 1. The molecular formula is C22H21N5O2S. The van der Waals surface area contributed by atoms with Crippen LogP contribution < -0.4 is 21.7 Å². The van der Waals surface area contributed by atoms with Gasteiger partial charge in [-0.05, 0) is 49.7 Å². The van der Waals surface area contributed by atoms with Crippen LogP contribution in [-0.4, -0.2) is 23.3 Å². The number of amides is 2. The molecule has 0 aliphatic carbocycles. The van der Waals surface area contributed by atoms with Gasteiger partial charge in [0.25, 0.3) is 5.91 Å². The van der Waals surface area contributed by atoms with Gasteiger partial charge in [-0.1, -0.05) is 6.08 Å². The number of allylic oxidation sites excluding steroid dienone is 1. The van der Waals surface area contributed by atoms with E-state index in [-0.39, 0.29) is 5.91 Å². The molecule has 30 heavy (non-hydrogen) atoms. The Morgan fingerprint density at radius 1 is 1.20 bits per heavy atom. The van der Waals surface area contributed by atoms with Crippen LogP contribution in [0.2, 0.25) is 0 Å². The van der Waals surface area contributed by atoms with Crippen molar-refractivity contribution in [3.8, 4) is 0 Å². The summed E-state index contributed by atoms with van der Waals surface area (Å²) in [6.07, 6.45) is 4.02. The number of hydrogen-bond donors (Lipinski definition) is 4. The molecule has 1 aromatic heterocycles. The van der Waals surface area contributed by atoms with Crippen LogP contribution in [0.1, 0.15) is 18.9 Å². The predicted octanol–water partition coefficient (Wildman–Crippen LogP) is 3.94. The molecule has 0 saturated heterocycles. The minimum Gasteiger partial charge on any atom is -0.385 e. The van der Waals surface area contributed by atoms with Gasteiger partial charge in [0.2, 0.25) is 5.91 Å². The summed E-state index contributed by atoms with van der Waals surface area (Å²) in [7, 11) is 0. The first-order valence-electron chi connectivity index (χ1n) is 9.48. The molecule has 0 saturated carbocycles. The summed E-state index contributed by atoms with van der Waals surface area (Å²) >= 11 is 1.55. The third-order valence-corrected chi connectivity index (χ3v) is 5.53. The second-order valence-electron chi connectivity index (χ2n) is 6.91. The van der Waals surface area contributed by atoms with Gasteiger partial charge in [-0.2, -0.15) is 0 Å². The lowest BCUT2D eigenvalue weighted by Crippen LogP contribution is -2.09. The highest BCUT2D eigenvalue weighted by molar-refractivity contribution is 7.17. The van der Waals surface area contributed by atoms with Gasteiger partial charge in [-0.15, -0.1) is 11.3 Å². The zero-order chi connectivity index (χ0) is 21.1. The number of fused-ring (bicyclic) bond motifs is 3. The Kier molecular flexibility index (Phi) is 5.49. The van der Waals surface area contributed by atoms with Gasteiger partial charge in [-0.25, -0.2) is 4.98 Å². The van der Waals surface area contributed by atoms with E-state index in [4.69, 9.17) is 5.73 Å². The normalized spacial score (nSPS) is 14.6. The van der Waals surface area contributed by atoms with Crippen molar-refractivity contribution in [3.63, 3.8) is 0 Å². The van der Waals surface area contributed by atoms with E-state index in [0.29, 0.717) is 24.2 Å². The van der Waals surface area contributed by atoms with Crippen molar-refractivity contribution >= 4 is 56.0 Å². The minimum absolute atomic E-state index is 0.0688. The van der Waals surface area contributed by atoms with Crippen LogP contribution >= 0.6 is 11.3 Å². The number of aromatic nitrogens is 1. The highest BCUT2D eigenvalue weighted by Crippen LogP contribution is 2.39. The van der Waals surface area contributed by atoms with Gasteiger partial charge in [0.15, 0.2) is 0 Å². The lowest BCUT2D eigenvalue weighted by atomic mass is 10.1. The van der Waals surface area contributed by atoms with Crippen molar-refractivity contribution < 1.29 is 9.59 Å². The monoisotopic (exact) mass is 419 g/mol. The quantitative estimate of drug-likeness (QED) is 0.343. The molecule has 0 bridgehead atoms. The molecule has 3 aromatic rings. The molecule has 7 nitrogen and oxygen atoms in total. The first kappa shape index (κ1) is 19.7. The Balaban J connectivity index is 1.38. The van der Waals surface area contributed by atoms with E-state index in [2.05, 4.69) is 20.9 Å². The molecule has 1 aliphatic rings. The highest BCUT2D eigenvalue weighted by atomic mass is 32.1. The number of anilines is 3. The Morgan fingerprint density at radius 2 is 1.97 bits per heavy atom. The molecule has 4 rings (SSSR count). The van der Waals surface area contributed by atoms with E-state index >= 15 is 0 Å². The van der Waals surface area contributed by atoms with Crippen LogP contribution in [-0.2, 0) is 9.59 Å². The van der Waals surface area contributed by atoms with Crippen molar-refractivity contribution in [2.24, 2.45) is 5.73 Å². The Morgan fingerprint density at radius 3 is 2.73 bits per heavy atom. The molecule has 0 atom stereocenters. The molecule has 2 aromatic carbocycles. The summed E-state index contributed by atoms with van der Waals surface area (Å²) in [6.45, 7) is 2.47. The van der Waals surface area contributed by atoms with Crippen molar-refractivity contribution in [1.82, 2.24) is 4.98 Å². The summed E-state index contributed by atoms with van der Waals surface area (Å²) in [5, 5.41) is 9.39. The summed E-state index contributed by atoms with van der Waals surface area (Å²) in [5.74, 6) is -0.553. The van der Waals surface area contributed by atoms with Gasteiger partial charge in [0.05, 0.1) is 21.4 Å². The predicted molar refractivity (Wildman–Crippen MR) is 122 cm³/mol. The van der Waals surface area contributed by atoms with Crippen molar-refractivity contribution in [1.29, 1.82) is 0 Å². The van der Waals surface area contributed by atoms with Crippen LogP contribution in [0, 0.1) is 0 Å². The van der Waals surface area contributed by atoms with Gasteiger partial charge in [0.1, 0.15) is 0 Å². The summed E-state index contributed by atoms with van der Waals surface area (Å²) in [4.78, 5) is 27.6. The van der Waals surface area contributed by atoms with Crippen LogP contribution in [0.15, 0.2) is 59.8 Å². The van der Waals surface area contributed by atoms with Crippen molar-refractivity contribution in [2.45, 2.75) is 13.3 Å². The van der Waals surface area contributed by atoms with Gasteiger partial charge < -0.3 is 21.7 Å². The number of nitrogens with two attached hydrogens (primary N) is 1. The molecule has 0 spiro atoms. The Hall–Kier alpha value is -3.65. The number of rotatable bonds is 7. The van der Waals surface area contributed by atoms with E-state index in [1.54, 1.807) is 23.8 Å². The number of carbonyl (C=O) groups is 2. The number of primary amides is 1. The molecule has 152 valence electrons. The van der Waals surface area contributed by atoms with E-state index in [0.717, 1.165) is 32.8 Å². The number of carbonyl (C=O) groups excluding carboxylic acids is 2. The topological polar surface area (TPSA) is 109 Å². The van der Waals surface area contributed by atoms with Crippen molar-refractivity contribution in [3.05, 3.63) is 65.3 Å². The number of benzene rings is 2. The third-order valence-electron chi connectivity index (χ3n) is 4.67. The number of hydrogen-bond acceptors (Lipinski definition) is 6. The number of nitrogens with zero attached hydrogens (tertiary/aromatic N) is 1. The van der Waals surface area contributed by atoms with Crippen LogP contribution in [0.4, 0.5) is 17.1 Å². The fourth-order valence-corrected chi connectivity index (χ4v) is 4.23. The van der Waals surface area contributed by atoms with Gasteiger partial charge in [-0.3, -0.25) is 9.59 Å². The molecule has 0 radical (unpaired) electrons. The smallest absolute Gasteiger partial charge is 0.256 e. The van der Waals surface area contributed by atoms with Crippen LogP contribution in [0.3, 0.4) is 0 Å². The third kappa shape index (κ3) is 4.18. The zero-order valence-corrected chi connectivity index (χ0v) is 17.2. The van der Waals surface area contributed by atoms with Crippen LogP contribution in [0.5, 0.6) is 0 Å². The standard InChI is InChI=1S/C22H21N5O2S/c1-13(11-19(23)28)26-15-6-4-14(5-7-15)24-10-2-3-16-20-17(27-22(16)29)8-9-18-21(20)30-12-25-18/h3-9,11-12,24,26H,2,10H2,1H3,(H2,23,28)(H,27,29)/b13-11-,16-3-.